The highest BCUT2D eigenvalue weighted by atomic mass is 14.8. The Morgan fingerprint density at radius 3 is 2.09 bits per heavy atom. The van der Waals surface area contributed by atoms with E-state index in [1.165, 1.54) is 12.8 Å². The van der Waals surface area contributed by atoms with Gasteiger partial charge in [0.2, 0.25) is 0 Å². The monoisotopic (exact) mass is 158 g/mol. The third-order valence-corrected chi connectivity index (χ3v) is 2.33. The lowest BCUT2D eigenvalue weighted by molar-refractivity contribution is 0.276. The van der Waals surface area contributed by atoms with Crippen molar-refractivity contribution < 1.29 is 0 Å². The van der Waals surface area contributed by atoms with Crippen LogP contribution in [0, 0.1) is 0 Å². The van der Waals surface area contributed by atoms with Gasteiger partial charge in [-0.05, 0) is 19.8 Å². The van der Waals surface area contributed by atoms with Crippen LogP contribution in [0.2, 0.25) is 0 Å². The first-order chi connectivity index (χ1) is 5.13. The molecule has 0 heterocycles. The van der Waals surface area contributed by atoms with Gasteiger partial charge in [-0.2, -0.15) is 0 Å². The summed E-state index contributed by atoms with van der Waals surface area (Å²) in [5, 5.41) is 0. The van der Waals surface area contributed by atoms with Crippen molar-refractivity contribution in [1.82, 2.24) is 0 Å². The minimum atomic E-state index is -0.0851. The van der Waals surface area contributed by atoms with Crippen LogP contribution in [0.5, 0.6) is 0 Å². The van der Waals surface area contributed by atoms with Gasteiger partial charge < -0.3 is 11.5 Å². The molecule has 0 amide bonds. The van der Waals surface area contributed by atoms with E-state index in [0.29, 0.717) is 0 Å². The highest BCUT2D eigenvalue weighted by molar-refractivity contribution is 4.92. The molecule has 1 rings (SSSR count). The van der Waals surface area contributed by atoms with Gasteiger partial charge >= 0.3 is 0 Å². The Morgan fingerprint density at radius 1 is 1.27 bits per heavy atom. The minimum absolute atomic E-state index is 0.0851. The molecule has 1 aliphatic rings. The third kappa shape index (κ3) is 3.21. The van der Waals surface area contributed by atoms with Gasteiger partial charge in [0.15, 0.2) is 0 Å². The van der Waals surface area contributed by atoms with Crippen LogP contribution in [-0.2, 0) is 0 Å². The van der Waals surface area contributed by atoms with Crippen LogP contribution in [0.25, 0.3) is 0 Å². The van der Waals surface area contributed by atoms with Crippen LogP contribution in [0.3, 0.4) is 0 Å². The summed E-state index contributed by atoms with van der Waals surface area (Å²) < 4.78 is 0. The first kappa shape index (κ1) is 10.9. The molecule has 1 aliphatic carbocycles. The fourth-order valence-corrected chi connectivity index (χ4v) is 1.39. The predicted octanol–water partition coefficient (Wildman–Crippen LogP) is 1.63. The summed E-state index contributed by atoms with van der Waals surface area (Å²) in [6.45, 7) is 6.05. The number of hydrogen-bond donors (Lipinski definition) is 2. The SMILES string of the molecule is CC.CC1(N)CCCCC1N. The second-order valence-electron chi connectivity index (χ2n) is 3.36. The molecule has 2 nitrogen and oxygen atoms in total. The fourth-order valence-electron chi connectivity index (χ4n) is 1.39. The Morgan fingerprint density at radius 2 is 1.82 bits per heavy atom. The largest absolute Gasteiger partial charge is 0.326 e. The molecule has 0 aromatic heterocycles. The fraction of sp³-hybridized carbons (Fsp3) is 1.00. The van der Waals surface area contributed by atoms with E-state index < -0.39 is 0 Å². The zero-order valence-electron chi connectivity index (χ0n) is 8.06. The second kappa shape index (κ2) is 4.73. The highest BCUT2D eigenvalue weighted by Crippen LogP contribution is 2.23. The highest BCUT2D eigenvalue weighted by Gasteiger charge is 2.29. The molecule has 2 atom stereocenters. The molecule has 0 aliphatic heterocycles. The molecular formula is C9H22N2. The van der Waals surface area contributed by atoms with Gasteiger partial charge in [-0.3, -0.25) is 0 Å². The molecule has 68 valence electrons. The molecule has 1 fully saturated rings. The summed E-state index contributed by atoms with van der Waals surface area (Å²) >= 11 is 0. The lowest BCUT2D eigenvalue weighted by Gasteiger charge is -2.35. The van der Waals surface area contributed by atoms with E-state index in [9.17, 15) is 0 Å². The normalized spacial score (nSPS) is 37.4. The van der Waals surface area contributed by atoms with E-state index in [4.69, 9.17) is 11.5 Å². The number of rotatable bonds is 0. The van der Waals surface area contributed by atoms with Crippen molar-refractivity contribution >= 4 is 0 Å². The summed E-state index contributed by atoms with van der Waals surface area (Å²) in [7, 11) is 0. The predicted molar refractivity (Wildman–Crippen MR) is 50.4 cm³/mol. The van der Waals surface area contributed by atoms with Crippen molar-refractivity contribution in [2.45, 2.75) is 58.0 Å². The van der Waals surface area contributed by atoms with Gasteiger partial charge in [0.05, 0.1) is 0 Å². The molecule has 0 saturated heterocycles. The van der Waals surface area contributed by atoms with Crippen LogP contribution in [0.4, 0.5) is 0 Å². The van der Waals surface area contributed by atoms with E-state index >= 15 is 0 Å². The Labute approximate surface area is 70.3 Å². The number of hydrogen-bond acceptors (Lipinski definition) is 2. The Bertz CT molecular complexity index is 99.7. The summed E-state index contributed by atoms with van der Waals surface area (Å²) in [4.78, 5) is 0. The average Bonchev–Trinajstić information content (AvgIpc) is 2.00. The summed E-state index contributed by atoms with van der Waals surface area (Å²) in [5.74, 6) is 0. The van der Waals surface area contributed by atoms with Gasteiger partial charge in [0.25, 0.3) is 0 Å². The van der Waals surface area contributed by atoms with E-state index in [-0.39, 0.29) is 11.6 Å². The van der Waals surface area contributed by atoms with Crippen molar-refractivity contribution in [2.75, 3.05) is 0 Å². The summed E-state index contributed by atoms with van der Waals surface area (Å²) in [5.41, 5.74) is 11.6. The summed E-state index contributed by atoms with van der Waals surface area (Å²) in [6.07, 6.45) is 4.70. The molecule has 0 bridgehead atoms. The molecule has 4 N–H and O–H groups in total. The Balaban J connectivity index is 0.000000461. The number of nitrogens with two attached hydrogens (primary N) is 2. The quantitative estimate of drug-likeness (QED) is 0.563. The van der Waals surface area contributed by atoms with Crippen molar-refractivity contribution in [2.24, 2.45) is 11.5 Å². The van der Waals surface area contributed by atoms with E-state index in [2.05, 4.69) is 6.92 Å². The molecular weight excluding hydrogens is 136 g/mol. The van der Waals surface area contributed by atoms with Gasteiger partial charge in [-0.15, -0.1) is 0 Å². The summed E-state index contributed by atoms with van der Waals surface area (Å²) in [6, 6.07) is 0.228. The van der Waals surface area contributed by atoms with Crippen molar-refractivity contribution in [3.8, 4) is 0 Å². The first-order valence-corrected chi connectivity index (χ1v) is 4.67. The zero-order valence-corrected chi connectivity index (χ0v) is 8.06. The lowest BCUT2D eigenvalue weighted by atomic mass is 9.80. The minimum Gasteiger partial charge on any atom is -0.326 e. The molecule has 11 heavy (non-hydrogen) atoms. The van der Waals surface area contributed by atoms with E-state index in [1.807, 2.05) is 13.8 Å². The first-order valence-electron chi connectivity index (χ1n) is 4.67. The molecule has 0 aromatic rings. The van der Waals surface area contributed by atoms with Gasteiger partial charge in [0.1, 0.15) is 0 Å². The maximum absolute atomic E-state index is 5.90. The smallest absolute Gasteiger partial charge is 0.0279 e. The average molecular weight is 158 g/mol. The second-order valence-corrected chi connectivity index (χ2v) is 3.36. The van der Waals surface area contributed by atoms with E-state index in [1.54, 1.807) is 0 Å². The van der Waals surface area contributed by atoms with Crippen LogP contribution in [0.15, 0.2) is 0 Å². The van der Waals surface area contributed by atoms with Crippen LogP contribution in [-0.4, -0.2) is 11.6 Å². The van der Waals surface area contributed by atoms with Gasteiger partial charge in [-0.25, -0.2) is 0 Å². The topological polar surface area (TPSA) is 52.0 Å². The van der Waals surface area contributed by atoms with Crippen molar-refractivity contribution in [3.05, 3.63) is 0 Å². The van der Waals surface area contributed by atoms with Gasteiger partial charge in [0, 0.05) is 11.6 Å². The molecule has 0 aromatic carbocycles. The van der Waals surface area contributed by atoms with Crippen LogP contribution < -0.4 is 11.5 Å². The zero-order chi connectivity index (χ0) is 8.91. The maximum Gasteiger partial charge on any atom is 0.0279 e. The Kier molecular flexibility index (Phi) is 4.69. The van der Waals surface area contributed by atoms with Crippen LogP contribution in [0.1, 0.15) is 46.5 Å². The van der Waals surface area contributed by atoms with Gasteiger partial charge in [-0.1, -0.05) is 26.7 Å². The maximum atomic E-state index is 5.90. The molecule has 0 spiro atoms. The third-order valence-electron chi connectivity index (χ3n) is 2.33. The Hall–Kier alpha value is -0.0800. The van der Waals surface area contributed by atoms with Crippen molar-refractivity contribution in [1.29, 1.82) is 0 Å². The molecule has 2 unspecified atom stereocenters. The van der Waals surface area contributed by atoms with Crippen molar-refractivity contribution in [3.63, 3.8) is 0 Å². The van der Waals surface area contributed by atoms with E-state index in [0.717, 1.165) is 12.8 Å². The lowest BCUT2D eigenvalue weighted by Crippen LogP contribution is -2.54. The standard InChI is InChI=1S/C7H16N2.C2H6/c1-7(9)5-3-2-4-6(7)8;1-2/h6H,2-5,8-9H2,1H3;1-2H3. The molecule has 2 heteroatoms. The van der Waals surface area contributed by atoms with Crippen LogP contribution >= 0.6 is 0 Å². The molecule has 1 saturated carbocycles. The molecule has 0 radical (unpaired) electrons.